The van der Waals surface area contributed by atoms with Crippen molar-refractivity contribution in [2.75, 3.05) is 6.54 Å². The van der Waals surface area contributed by atoms with Gasteiger partial charge in [-0.05, 0) is 43.1 Å². The van der Waals surface area contributed by atoms with E-state index >= 15 is 0 Å². The summed E-state index contributed by atoms with van der Waals surface area (Å²) in [6.07, 6.45) is 4.37. The van der Waals surface area contributed by atoms with E-state index in [-0.39, 0.29) is 6.10 Å². The first-order chi connectivity index (χ1) is 10.1. The molecule has 1 atom stereocenters. The lowest BCUT2D eigenvalue weighted by atomic mass is 10.0. The van der Waals surface area contributed by atoms with Gasteiger partial charge in [0.25, 0.3) is 0 Å². The molecular formula is C16H22ClN3O. The molecule has 0 saturated heterocycles. The molecule has 1 heterocycles. The molecule has 0 aliphatic rings. The van der Waals surface area contributed by atoms with Crippen molar-refractivity contribution < 1.29 is 5.11 Å². The molecule has 0 bridgehead atoms. The van der Waals surface area contributed by atoms with E-state index in [1.54, 1.807) is 0 Å². The highest BCUT2D eigenvalue weighted by molar-refractivity contribution is 6.30. The molecule has 0 fully saturated rings. The Morgan fingerprint density at radius 2 is 2.00 bits per heavy atom. The van der Waals surface area contributed by atoms with Gasteiger partial charge in [-0.2, -0.15) is 5.10 Å². The van der Waals surface area contributed by atoms with Crippen LogP contribution in [0.3, 0.4) is 0 Å². The monoisotopic (exact) mass is 307 g/mol. The van der Waals surface area contributed by atoms with Gasteiger partial charge in [-0.25, -0.2) is 4.68 Å². The summed E-state index contributed by atoms with van der Waals surface area (Å²) < 4.78 is 1.83. The first-order valence-electron chi connectivity index (χ1n) is 7.24. The zero-order valence-electron chi connectivity index (χ0n) is 12.5. The molecule has 0 aliphatic carbocycles. The second kappa shape index (κ2) is 7.59. The molecule has 1 aromatic carbocycles. The minimum Gasteiger partial charge on any atom is -0.393 e. The van der Waals surface area contributed by atoms with E-state index < -0.39 is 0 Å². The van der Waals surface area contributed by atoms with Gasteiger partial charge < -0.3 is 10.4 Å². The summed E-state index contributed by atoms with van der Waals surface area (Å²) in [5.41, 5.74) is 2.10. The fraction of sp³-hybridized carbons (Fsp3) is 0.438. The van der Waals surface area contributed by atoms with Gasteiger partial charge >= 0.3 is 0 Å². The van der Waals surface area contributed by atoms with E-state index in [2.05, 4.69) is 10.4 Å². The molecule has 114 valence electrons. The molecule has 0 aliphatic heterocycles. The van der Waals surface area contributed by atoms with Crippen molar-refractivity contribution in [2.45, 2.75) is 32.9 Å². The molecule has 2 aromatic rings. The Bertz CT molecular complexity index is 551. The van der Waals surface area contributed by atoms with E-state index in [9.17, 15) is 5.11 Å². The summed E-state index contributed by atoms with van der Waals surface area (Å²) in [7, 11) is 0. The Morgan fingerprint density at radius 3 is 2.67 bits per heavy atom. The Balaban J connectivity index is 1.82. The van der Waals surface area contributed by atoms with Crippen LogP contribution in [0.25, 0.3) is 5.69 Å². The van der Waals surface area contributed by atoms with Crippen LogP contribution in [0.4, 0.5) is 0 Å². The van der Waals surface area contributed by atoms with Crippen molar-refractivity contribution in [1.29, 1.82) is 0 Å². The topological polar surface area (TPSA) is 50.1 Å². The number of aliphatic hydroxyl groups is 1. The number of aromatic nitrogens is 2. The van der Waals surface area contributed by atoms with Crippen molar-refractivity contribution in [3.63, 3.8) is 0 Å². The molecular weight excluding hydrogens is 286 g/mol. The summed E-state index contributed by atoms with van der Waals surface area (Å²) in [5.74, 6) is 0.305. The number of nitrogens with one attached hydrogen (secondary N) is 1. The Morgan fingerprint density at radius 1 is 1.29 bits per heavy atom. The van der Waals surface area contributed by atoms with Gasteiger partial charge in [0, 0.05) is 23.3 Å². The number of nitrogens with zero attached hydrogens (tertiary/aromatic N) is 2. The maximum atomic E-state index is 9.73. The Labute approximate surface area is 130 Å². The molecule has 4 nitrogen and oxygen atoms in total. The maximum Gasteiger partial charge on any atom is 0.0646 e. The number of benzene rings is 1. The van der Waals surface area contributed by atoms with Gasteiger partial charge in [-0.1, -0.05) is 25.4 Å². The molecule has 1 unspecified atom stereocenters. The second-order valence-corrected chi connectivity index (χ2v) is 5.98. The first kappa shape index (κ1) is 16.0. The zero-order valence-corrected chi connectivity index (χ0v) is 13.2. The van der Waals surface area contributed by atoms with Crippen LogP contribution in [0.1, 0.15) is 25.8 Å². The largest absolute Gasteiger partial charge is 0.393 e. The summed E-state index contributed by atoms with van der Waals surface area (Å²) >= 11 is 5.88. The SMILES string of the molecule is CC(C)C(O)CCNCc1cnn(-c2ccc(Cl)cc2)c1. The molecule has 0 amide bonds. The van der Waals surface area contributed by atoms with Crippen molar-refractivity contribution in [3.05, 3.63) is 47.2 Å². The Kier molecular flexibility index (Phi) is 5.79. The molecule has 0 saturated carbocycles. The van der Waals surface area contributed by atoms with E-state index in [4.69, 9.17) is 11.6 Å². The molecule has 2 N–H and O–H groups in total. The highest BCUT2D eigenvalue weighted by Gasteiger charge is 2.08. The van der Waals surface area contributed by atoms with Gasteiger partial charge in [0.2, 0.25) is 0 Å². The fourth-order valence-electron chi connectivity index (χ4n) is 2.00. The van der Waals surface area contributed by atoms with Crippen LogP contribution in [-0.4, -0.2) is 27.5 Å². The average Bonchev–Trinajstić information content (AvgIpc) is 2.93. The van der Waals surface area contributed by atoms with Crippen molar-refractivity contribution in [1.82, 2.24) is 15.1 Å². The van der Waals surface area contributed by atoms with Crippen LogP contribution in [-0.2, 0) is 6.54 Å². The summed E-state index contributed by atoms with van der Waals surface area (Å²) in [6.45, 7) is 5.60. The van der Waals surface area contributed by atoms with Gasteiger partial charge in [0.05, 0.1) is 18.0 Å². The standard InChI is InChI=1S/C16H22ClN3O/c1-12(2)16(21)7-8-18-9-13-10-19-20(11-13)15-5-3-14(17)4-6-15/h3-6,10-12,16,18,21H,7-9H2,1-2H3. The summed E-state index contributed by atoms with van der Waals surface area (Å²) in [5, 5.41) is 18.1. The molecule has 0 spiro atoms. The minimum absolute atomic E-state index is 0.241. The van der Waals surface area contributed by atoms with E-state index in [1.807, 2.05) is 55.2 Å². The normalized spacial score (nSPS) is 12.8. The van der Waals surface area contributed by atoms with Gasteiger partial charge in [0.15, 0.2) is 0 Å². The van der Waals surface area contributed by atoms with Crippen LogP contribution in [0.2, 0.25) is 5.02 Å². The molecule has 0 radical (unpaired) electrons. The van der Waals surface area contributed by atoms with Crippen LogP contribution >= 0.6 is 11.6 Å². The van der Waals surface area contributed by atoms with Gasteiger partial charge in [-0.3, -0.25) is 0 Å². The summed E-state index contributed by atoms with van der Waals surface area (Å²) in [6, 6.07) is 7.57. The fourth-order valence-corrected chi connectivity index (χ4v) is 2.13. The highest BCUT2D eigenvalue weighted by Crippen LogP contribution is 2.13. The predicted molar refractivity (Wildman–Crippen MR) is 85.7 cm³/mol. The predicted octanol–water partition coefficient (Wildman–Crippen LogP) is 3.02. The smallest absolute Gasteiger partial charge is 0.0646 e. The molecule has 2 rings (SSSR count). The van der Waals surface area contributed by atoms with Crippen LogP contribution < -0.4 is 5.32 Å². The second-order valence-electron chi connectivity index (χ2n) is 5.55. The number of halogens is 1. The third kappa shape index (κ3) is 4.84. The quantitative estimate of drug-likeness (QED) is 0.773. The molecule has 1 aromatic heterocycles. The van der Waals surface area contributed by atoms with Gasteiger partial charge in [-0.15, -0.1) is 0 Å². The zero-order chi connectivity index (χ0) is 15.2. The highest BCUT2D eigenvalue weighted by atomic mass is 35.5. The van der Waals surface area contributed by atoms with Gasteiger partial charge in [0.1, 0.15) is 0 Å². The van der Waals surface area contributed by atoms with Crippen LogP contribution in [0.15, 0.2) is 36.7 Å². The number of hydrogen-bond acceptors (Lipinski definition) is 3. The van der Waals surface area contributed by atoms with Crippen molar-refractivity contribution in [3.8, 4) is 5.69 Å². The maximum absolute atomic E-state index is 9.73. The van der Waals surface area contributed by atoms with E-state index in [0.29, 0.717) is 5.92 Å². The lowest BCUT2D eigenvalue weighted by Gasteiger charge is -2.14. The first-order valence-corrected chi connectivity index (χ1v) is 7.62. The number of rotatable bonds is 7. The van der Waals surface area contributed by atoms with E-state index in [0.717, 1.165) is 35.8 Å². The van der Waals surface area contributed by atoms with Crippen molar-refractivity contribution in [2.24, 2.45) is 5.92 Å². The molecule has 5 heteroatoms. The molecule has 21 heavy (non-hydrogen) atoms. The van der Waals surface area contributed by atoms with Crippen molar-refractivity contribution >= 4 is 11.6 Å². The lowest BCUT2D eigenvalue weighted by Crippen LogP contribution is -2.23. The van der Waals surface area contributed by atoms with E-state index in [1.165, 1.54) is 0 Å². The van der Waals surface area contributed by atoms with Crippen LogP contribution in [0, 0.1) is 5.92 Å². The Hall–Kier alpha value is -1.36. The van der Waals surface area contributed by atoms with Crippen LogP contribution in [0.5, 0.6) is 0 Å². The minimum atomic E-state index is -0.241. The lowest BCUT2D eigenvalue weighted by molar-refractivity contribution is 0.116. The summed E-state index contributed by atoms with van der Waals surface area (Å²) in [4.78, 5) is 0. The third-order valence-electron chi connectivity index (χ3n) is 3.44. The number of hydrogen-bond donors (Lipinski definition) is 2. The third-order valence-corrected chi connectivity index (χ3v) is 3.69. The average molecular weight is 308 g/mol. The number of aliphatic hydroxyl groups excluding tert-OH is 1.